The van der Waals surface area contributed by atoms with Gasteiger partial charge in [0.25, 0.3) is 11.8 Å². The van der Waals surface area contributed by atoms with Crippen molar-refractivity contribution in [1.82, 2.24) is 9.88 Å². The van der Waals surface area contributed by atoms with E-state index in [1.54, 1.807) is 24.1 Å². The number of aryl methyl sites for hydroxylation is 2. The molecule has 25 heavy (non-hydrogen) atoms. The van der Waals surface area contributed by atoms with Crippen molar-refractivity contribution in [3.05, 3.63) is 58.9 Å². The Morgan fingerprint density at radius 2 is 1.88 bits per heavy atom. The lowest BCUT2D eigenvalue weighted by molar-refractivity contribution is 0.0793. The lowest BCUT2D eigenvalue weighted by Gasteiger charge is -2.17. The number of hydrogen-bond donors (Lipinski definition) is 1. The van der Waals surface area contributed by atoms with E-state index in [0.717, 1.165) is 18.4 Å². The predicted molar refractivity (Wildman–Crippen MR) is 100.0 cm³/mol. The van der Waals surface area contributed by atoms with Crippen molar-refractivity contribution < 1.29 is 9.59 Å². The largest absolute Gasteiger partial charge is 0.342 e. The molecule has 0 unspecified atom stereocenters. The molecule has 0 aliphatic heterocycles. The van der Waals surface area contributed by atoms with Crippen LogP contribution in [0.25, 0.3) is 0 Å². The monoisotopic (exact) mass is 339 g/mol. The highest BCUT2D eigenvalue weighted by atomic mass is 16.2. The van der Waals surface area contributed by atoms with E-state index in [1.807, 2.05) is 32.0 Å². The van der Waals surface area contributed by atoms with Crippen LogP contribution in [0.15, 0.2) is 36.5 Å². The van der Waals surface area contributed by atoms with Gasteiger partial charge in [-0.3, -0.25) is 14.6 Å². The second-order valence-corrected chi connectivity index (χ2v) is 6.26. The predicted octanol–water partition coefficient (Wildman–Crippen LogP) is 3.82. The van der Waals surface area contributed by atoms with Gasteiger partial charge in [-0.25, -0.2) is 0 Å². The molecule has 132 valence electrons. The first-order chi connectivity index (χ1) is 11.9. The first-order valence-corrected chi connectivity index (χ1v) is 8.52. The average Bonchev–Trinajstić information content (AvgIpc) is 2.62. The van der Waals surface area contributed by atoms with Gasteiger partial charge in [-0.2, -0.15) is 0 Å². The Hall–Kier alpha value is -2.69. The molecule has 1 N–H and O–H groups in total. The van der Waals surface area contributed by atoms with Crippen LogP contribution in [0.1, 0.15) is 51.7 Å². The van der Waals surface area contributed by atoms with Crippen molar-refractivity contribution in [3.63, 3.8) is 0 Å². The van der Waals surface area contributed by atoms with E-state index in [0.29, 0.717) is 17.8 Å². The zero-order valence-electron chi connectivity index (χ0n) is 15.3. The number of benzene rings is 1. The fourth-order valence-corrected chi connectivity index (χ4v) is 2.42. The molecular weight excluding hydrogens is 314 g/mol. The molecule has 5 nitrogen and oxygen atoms in total. The quantitative estimate of drug-likeness (QED) is 0.870. The summed E-state index contributed by atoms with van der Waals surface area (Å²) >= 11 is 0. The Morgan fingerprint density at radius 1 is 1.12 bits per heavy atom. The lowest BCUT2D eigenvalue weighted by atomic mass is 10.1. The maximum atomic E-state index is 12.4. The molecule has 0 saturated carbocycles. The van der Waals surface area contributed by atoms with Gasteiger partial charge in [-0.05, 0) is 55.7 Å². The highest BCUT2D eigenvalue weighted by Crippen LogP contribution is 2.15. The number of pyridine rings is 1. The molecule has 0 fully saturated rings. The van der Waals surface area contributed by atoms with E-state index in [-0.39, 0.29) is 17.5 Å². The van der Waals surface area contributed by atoms with Gasteiger partial charge in [0.05, 0.1) is 0 Å². The Kier molecular flexibility index (Phi) is 6.28. The molecule has 0 bridgehead atoms. The maximum absolute atomic E-state index is 12.4. The second kappa shape index (κ2) is 8.42. The Labute approximate surface area is 149 Å². The minimum absolute atomic E-state index is 0.101. The van der Waals surface area contributed by atoms with Crippen molar-refractivity contribution in [3.8, 4) is 0 Å². The summed E-state index contributed by atoms with van der Waals surface area (Å²) < 4.78 is 0. The number of aromatic nitrogens is 1. The maximum Gasteiger partial charge on any atom is 0.274 e. The van der Waals surface area contributed by atoms with Crippen LogP contribution in [0, 0.1) is 13.8 Å². The first-order valence-electron chi connectivity index (χ1n) is 8.52. The number of carbonyl (C=O) groups is 2. The van der Waals surface area contributed by atoms with Crippen LogP contribution < -0.4 is 5.32 Å². The van der Waals surface area contributed by atoms with Crippen LogP contribution in [0.2, 0.25) is 0 Å². The normalized spacial score (nSPS) is 10.4. The minimum atomic E-state index is -0.325. The molecule has 0 saturated heterocycles. The molecule has 2 amide bonds. The molecule has 0 radical (unpaired) electrons. The topological polar surface area (TPSA) is 62.3 Å². The van der Waals surface area contributed by atoms with Gasteiger partial charge in [0.2, 0.25) is 0 Å². The van der Waals surface area contributed by atoms with Gasteiger partial charge in [0, 0.05) is 31.0 Å². The number of carbonyl (C=O) groups excluding carboxylic acids is 2. The molecule has 1 aromatic carbocycles. The van der Waals surface area contributed by atoms with Crippen molar-refractivity contribution in [2.75, 3.05) is 18.9 Å². The van der Waals surface area contributed by atoms with Gasteiger partial charge in [-0.1, -0.05) is 19.4 Å². The second-order valence-electron chi connectivity index (χ2n) is 6.26. The first kappa shape index (κ1) is 18.6. The van der Waals surface area contributed by atoms with Gasteiger partial charge in [-0.15, -0.1) is 0 Å². The van der Waals surface area contributed by atoms with Gasteiger partial charge in [0.15, 0.2) is 0 Å². The molecule has 2 aromatic rings. The van der Waals surface area contributed by atoms with E-state index in [4.69, 9.17) is 0 Å². The molecule has 5 heteroatoms. The number of amides is 2. The van der Waals surface area contributed by atoms with Crippen molar-refractivity contribution in [1.29, 1.82) is 0 Å². The highest BCUT2D eigenvalue weighted by Gasteiger charge is 2.15. The van der Waals surface area contributed by atoms with E-state index in [9.17, 15) is 9.59 Å². The fourth-order valence-electron chi connectivity index (χ4n) is 2.42. The molecule has 0 aliphatic carbocycles. The summed E-state index contributed by atoms with van der Waals surface area (Å²) in [7, 11) is 1.77. The number of nitrogens with zero attached hydrogens (tertiary/aromatic N) is 2. The summed E-state index contributed by atoms with van der Waals surface area (Å²) in [6, 6.07) is 8.91. The fraction of sp³-hybridized carbons (Fsp3) is 0.350. The van der Waals surface area contributed by atoms with Crippen molar-refractivity contribution in [2.24, 2.45) is 0 Å². The summed E-state index contributed by atoms with van der Waals surface area (Å²) in [4.78, 5) is 30.6. The third kappa shape index (κ3) is 4.89. The van der Waals surface area contributed by atoms with Gasteiger partial charge < -0.3 is 10.2 Å². The zero-order chi connectivity index (χ0) is 18.4. The average molecular weight is 339 g/mol. The van der Waals surface area contributed by atoms with Crippen molar-refractivity contribution in [2.45, 2.75) is 33.6 Å². The minimum Gasteiger partial charge on any atom is -0.342 e. The Balaban J connectivity index is 2.13. The van der Waals surface area contributed by atoms with Gasteiger partial charge in [0.1, 0.15) is 5.69 Å². The number of nitrogens with one attached hydrogen (secondary N) is 1. The van der Waals surface area contributed by atoms with Crippen LogP contribution >= 0.6 is 0 Å². The summed E-state index contributed by atoms with van der Waals surface area (Å²) in [6.07, 6.45) is 3.47. The molecule has 1 heterocycles. The number of hydrogen-bond acceptors (Lipinski definition) is 3. The summed E-state index contributed by atoms with van der Waals surface area (Å²) in [5.74, 6) is -0.426. The third-order valence-corrected chi connectivity index (χ3v) is 4.20. The molecule has 2 rings (SSSR count). The van der Waals surface area contributed by atoms with E-state index in [1.165, 1.54) is 11.8 Å². The third-order valence-electron chi connectivity index (χ3n) is 4.20. The highest BCUT2D eigenvalue weighted by molar-refractivity contribution is 6.04. The van der Waals surface area contributed by atoms with Crippen LogP contribution in [0.4, 0.5) is 5.69 Å². The lowest BCUT2D eigenvalue weighted by Crippen LogP contribution is -2.28. The van der Waals surface area contributed by atoms with Crippen LogP contribution in [0.5, 0.6) is 0 Å². The molecular formula is C20H25N3O2. The molecule has 0 aliphatic rings. The van der Waals surface area contributed by atoms with E-state index < -0.39 is 0 Å². The molecule has 0 spiro atoms. The number of unbranched alkanes of at least 4 members (excludes halogenated alkanes) is 1. The van der Waals surface area contributed by atoms with Crippen LogP contribution in [0.3, 0.4) is 0 Å². The Morgan fingerprint density at radius 3 is 2.56 bits per heavy atom. The van der Waals surface area contributed by atoms with Crippen molar-refractivity contribution >= 4 is 17.5 Å². The summed E-state index contributed by atoms with van der Waals surface area (Å²) in [5.41, 5.74) is 3.68. The zero-order valence-corrected chi connectivity index (χ0v) is 15.3. The molecule has 1 aromatic heterocycles. The van der Waals surface area contributed by atoms with Crippen LogP contribution in [-0.4, -0.2) is 35.3 Å². The van der Waals surface area contributed by atoms with Crippen LogP contribution in [-0.2, 0) is 0 Å². The van der Waals surface area contributed by atoms with Gasteiger partial charge >= 0.3 is 0 Å². The SMILES string of the molecule is CCCCN(C)C(=O)c1ccnc(C(=O)Nc2ccc(C)c(C)c2)c1. The summed E-state index contributed by atoms with van der Waals surface area (Å²) in [5, 5.41) is 2.83. The van der Waals surface area contributed by atoms with E-state index >= 15 is 0 Å². The van der Waals surface area contributed by atoms with E-state index in [2.05, 4.69) is 17.2 Å². The standard InChI is InChI=1S/C20H25N3O2/c1-5-6-11-23(4)20(25)16-9-10-21-18(13-16)19(24)22-17-8-7-14(2)15(3)12-17/h7-10,12-13H,5-6,11H2,1-4H3,(H,22,24). The summed E-state index contributed by atoms with van der Waals surface area (Å²) in [6.45, 7) is 6.79. The molecule has 0 atom stereocenters. The number of rotatable bonds is 6. The number of anilines is 1. The smallest absolute Gasteiger partial charge is 0.274 e. The Bertz CT molecular complexity index is 771.